The Morgan fingerprint density at radius 1 is 1.21 bits per heavy atom. The third-order valence-electron chi connectivity index (χ3n) is 5.11. The molecule has 1 unspecified atom stereocenters. The number of nitrogens with zero attached hydrogens (tertiary/aromatic N) is 2. The molecule has 1 aromatic rings. The Morgan fingerprint density at radius 2 is 2.10 bits per heavy atom. The Labute approximate surface area is 174 Å². The van der Waals surface area contributed by atoms with Crippen LogP contribution in [-0.2, 0) is 20.6 Å². The quantitative estimate of drug-likeness (QED) is 0.306. The van der Waals surface area contributed by atoms with Gasteiger partial charge in [-0.3, -0.25) is 9.89 Å². The van der Waals surface area contributed by atoms with Crippen LogP contribution in [-0.4, -0.2) is 89.3 Å². The van der Waals surface area contributed by atoms with Crippen LogP contribution in [0.25, 0.3) is 0 Å². The average molecular weight is 409 g/mol. The molecule has 0 aliphatic carbocycles. The molecule has 3 rings (SSSR count). The normalized spacial score (nSPS) is 20.8. The Hall–Kier alpha value is -1.61. The third-order valence-corrected chi connectivity index (χ3v) is 5.11. The van der Waals surface area contributed by atoms with Crippen LogP contribution < -0.4 is 10.6 Å². The van der Waals surface area contributed by atoms with E-state index in [2.05, 4.69) is 15.5 Å². The van der Waals surface area contributed by atoms with Crippen molar-refractivity contribution in [3.05, 3.63) is 24.2 Å². The minimum Gasteiger partial charge on any atom is -0.469 e. The van der Waals surface area contributed by atoms with Gasteiger partial charge in [0.1, 0.15) is 5.76 Å². The Kier molecular flexibility index (Phi) is 10.3. The molecular formula is C21H36N4O4. The highest BCUT2D eigenvalue weighted by atomic mass is 16.5. The predicted molar refractivity (Wildman–Crippen MR) is 112 cm³/mol. The number of rotatable bonds is 12. The molecule has 2 saturated heterocycles. The van der Waals surface area contributed by atoms with E-state index in [4.69, 9.17) is 23.6 Å². The molecule has 3 heterocycles. The van der Waals surface area contributed by atoms with Crippen LogP contribution in [0.1, 0.15) is 25.0 Å². The highest BCUT2D eigenvalue weighted by Crippen LogP contribution is 2.11. The van der Waals surface area contributed by atoms with E-state index in [1.165, 1.54) is 0 Å². The molecule has 0 aromatic carbocycles. The average Bonchev–Trinajstić information content (AvgIpc) is 3.45. The molecule has 0 saturated carbocycles. The van der Waals surface area contributed by atoms with Crippen molar-refractivity contribution in [1.82, 2.24) is 15.5 Å². The van der Waals surface area contributed by atoms with E-state index < -0.39 is 0 Å². The van der Waals surface area contributed by atoms with E-state index in [1.807, 2.05) is 12.1 Å². The van der Waals surface area contributed by atoms with E-state index in [1.54, 1.807) is 6.26 Å². The SMILES string of the molecule is c1coc(CCNC(=NCCCOCC2CCCO2)NCCN2CCOCC2)c1. The molecule has 1 atom stereocenters. The van der Waals surface area contributed by atoms with Gasteiger partial charge in [0, 0.05) is 58.9 Å². The number of nitrogens with one attached hydrogen (secondary N) is 2. The third kappa shape index (κ3) is 9.16. The highest BCUT2D eigenvalue weighted by molar-refractivity contribution is 5.79. The lowest BCUT2D eigenvalue weighted by Gasteiger charge is -2.26. The zero-order chi connectivity index (χ0) is 20.0. The zero-order valence-electron chi connectivity index (χ0n) is 17.4. The van der Waals surface area contributed by atoms with Gasteiger partial charge in [-0.05, 0) is 31.4 Å². The van der Waals surface area contributed by atoms with Gasteiger partial charge in [0.05, 0.1) is 32.2 Å². The Morgan fingerprint density at radius 3 is 2.90 bits per heavy atom. The molecule has 0 spiro atoms. The van der Waals surface area contributed by atoms with Crippen LogP contribution in [0.5, 0.6) is 0 Å². The number of morpholine rings is 1. The van der Waals surface area contributed by atoms with Crippen molar-refractivity contribution in [3.63, 3.8) is 0 Å². The molecule has 29 heavy (non-hydrogen) atoms. The summed E-state index contributed by atoms with van der Waals surface area (Å²) in [5.41, 5.74) is 0. The van der Waals surface area contributed by atoms with Crippen molar-refractivity contribution in [2.45, 2.75) is 31.8 Å². The highest BCUT2D eigenvalue weighted by Gasteiger charge is 2.15. The maximum Gasteiger partial charge on any atom is 0.191 e. The summed E-state index contributed by atoms with van der Waals surface area (Å²) < 4.78 is 22.1. The van der Waals surface area contributed by atoms with Gasteiger partial charge in [-0.25, -0.2) is 0 Å². The molecule has 0 radical (unpaired) electrons. The second-order valence-corrected chi connectivity index (χ2v) is 7.43. The summed E-state index contributed by atoms with van der Waals surface area (Å²) in [6.07, 6.45) is 6.01. The zero-order valence-corrected chi connectivity index (χ0v) is 17.4. The van der Waals surface area contributed by atoms with Crippen LogP contribution >= 0.6 is 0 Å². The standard InChI is InChI=1S/C21H36N4O4/c1-4-19(28-14-1)6-8-23-21(24-9-10-25-11-16-26-17-12-25)22-7-3-13-27-18-20-5-2-15-29-20/h1,4,14,20H,2-3,5-13,15-18H2,(H2,22,23,24). The molecule has 2 N–H and O–H groups in total. The molecule has 2 fully saturated rings. The van der Waals surface area contributed by atoms with Crippen molar-refractivity contribution in [1.29, 1.82) is 0 Å². The Bertz CT molecular complexity index is 555. The second-order valence-electron chi connectivity index (χ2n) is 7.43. The van der Waals surface area contributed by atoms with Crippen molar-refractivity contribution >= 4 is 5.96 Å². The molecule has 8 nitrogen and oxygen atoms in total. The number of guanidine groups is 1. The first-order chi connectivity index (χ1) is 14.4. The van der Waals surface area contributed by atoms with Crippen molar-refractivity contribution in [2.75, 3.05) is 72.3 Å². The minimum absolute atomic E-state index is 0.291. The topological polar surface area (TPSA) is 80.5 Å². The van der Waals surface area contributed by atoms with E-state index in [-0.39, 0.29) is 0 Å². The number of ether oxygens (including phenoxy) is 3. The fraction of sp³-hybridized carbons (Fsp3) is 0.762. The summed E-state index contributed by atoms with van der Waals surface area (Å²) in [7, 11) is 0. The number of hydrogen-bond acceptors (Lipinski definition) is 6. The first kappa shape index (κ1) is 22.1. The molecule has 8 heteroatoms. The van der Waals surface area contributed by atoms with Gasteiger partial charge in [-0.2, -0.15) is 0 Å². The maximum atomic E-state index is 5.72. The summed E-state index contributed by atoms with van der Waals surface area (Å²) in [4.78, 5) is 7.12. The van der Waals surface area contributed by atoms with Gasteiger partial charge in [0.25, 0.3) is 0 Å². The molecule has 2 aliphatic rings. The molecule has 0 amide bonds. The van der Waals surface area contributed by atoms with Gasteiger partial charge in [-0.15, -0.1) is 0 Å². The van der Waals surface area contributed by atoms with Crippen LogP contribution in [0.3, 0.4) is 0 Å². The number of hydrogen-bond donors (Lipinski definition) is 2. The van der Waals surface area contributed by atoms with Crippen molar-refractivity contribution in [2.24, 2.45) is 4.99 Å². The molecule has 164 valence electrons. The second kappa shape index (κ2) is 13.6. The van der Waals surface area contributed by atoms with Crippen molar-refractivity contribution < 1.29 is 18.6 Å². The fourth-order valence-electron chi connectivity index (χ4n) is 3.44. The molecule has 0 bridgehead atoms. The van der Waals surface area contributed by atoms with Gasteiger partial charge in [0.15, 0.2) is 5.96 Å². The molecular weight excluding hydrogens is 372 g/mol. The van der Waals surface area contributed by atoms with Gasteiger partial charge in [-0.1, -0.05) is 0 Å². The number of aliphatic imine (C=N–C) groups is 1. The Balaban J connectivity index is 1.32. The summed E-state index contributed by atoms with van der Waals surface area (Å²) in [6, 6.07) is 3.91. The summed E-state index contributed by atoms with van der Waals surface area (Å²) in [5.74, 6) is 1.83. The van der Waals surface area contributed by atoms with Crippen LogP contribution in [0, 0.1) is 0 Å². The lowest BCUT2D eigenvalue weighted by Crippen LogP contribution is -2.44. The smallest absolute Gasteiger partial charge is 0.191 e. The maximum absolute atomic E-state index is 5.72. The van der Waals surface area contributed by atoms with Crippen molar-refractivity contribution in [3.8, 4) is 0 Å². The van der Waals surface area contributed by atoms with Crippen LogP contribution in [0.2, 0.25) is 0 Å². The predicted octanol–water partition coefficient (Wildman–Crippen LogP) is 1.28. The first-order valence-electron chi connectivity index (χ1n) is 10.9. The van der Waals surface area contributed by atoms with E-state index in [0.29, 0.717) is 12.7 Å². The van der Waals surface area contributed by atoms with E-state index in [9.17, 15) is 0 Å². The minimum atomic E-state index is 0.291. The monoisotopic (exact) mass is 408 g/mol. The summed E-state index contributed by atoms with van der Waals surface area (Å²) >= 11 is 0. The molecule has 2 aliphatic heterocycles. The lowest BCUT2D eigenvalue weighted by molar-refractivity contribution is 0.0171. The molecule has 1 aromatic heterocycles. The number of furan rings is 1. The van der Waals surface area contributed by atoms with Gasteiger partial charge < -0.3 is 29.3 Å². The van der Waals surface area contributed by atoms with E-state index in [0.717, 1.165) is 103 Å². The van der Waals surface area contributed by atoms with Crippen LogP contribution in [0.15, 0.2) is 27.8 Å². The van der Waals surface area contributed by atoms with E-state index >= 15 is 0 Å². The van der Waals surface area contributed by atoms with Gasteiger partial charge in [0.2, 0.25) is 0 Å². The largest absolute Gasteiger partial charge is 0.469 e. The lowest BCUT2D eigenvalue weighted by atomic mass is 10.2. The summed E-state index contributed by atoms with van der Waals surface area (Å²) in [5, 5.41) is 6.85. The first-order valence-corrected chi connectivity index (χ1v) is 10.9. The fourth-order valence-corrected chi connectivity index (χ4v) is 3.44. The van der Waals surface area contributed by atoms with Gasteiger partial charge >= 0.3 is 0 Å². The van der Waals surface area contributed by atoms with Crippen LogP contribution in [0.4, 0.5) is 0 Å². The summed E-state index contributed by atoms with van der Waals surface area (Å²) in [6.45, 7) is 9.33.